The third-order valence-corrected chi connectivity index (χ3v) is 3.93. The molecule has 1 atom stereocenters. The maximum Gasteiger partial charge on any atom is 0.257 e. The first-order valence-corrected chi connectivity index (χ1v) is 8.47. The number of amides is 2. The minimum Gasteiger partial charge on any atom is -0.380 e. The SMILES string of the molecule is COCc1cccc(NC(=O)[C@@H](NC(=O)c2c(F)cccc2F)C(C)C)c1. The molecule has 2 aromatic carbocycles. The molecule has 0 bridgehead atoms. The van der Waals surface area contributed by atoms with Gasteiger partial charge in [-0.1, -0.05) is 32.0 Å². The maximum atomic E-state index is 13.8. The van der Waals surface area contributed by atoms with Crippen molar-refractivity contribution in [1.29, 1.82) is 0 Å². The molecule has 0 aliphatic rings. The zero-order valence-electron chi connectivity index (χ0n) is 15.4. The molecule has 0 unspecified atom stereocenters. The monoisotopic (exact) mass is 376 g/mol. The lowest BCUT2D eigenvalue weighted by molar-refractivity contribution is -0.118. The first kappa shape index (κ1) is 20.5. The van der Waals surface area contributed by atoms with Gasteiger partial charge in [0.25, 0.3) is 5.91 Å². The lowest BCUT2D eigenvalue weighted by Crippen LogP contribution is -2.47. The number of ether oxygens (including phenoxy) is 1. The summed E-state index contributed by atoms with van der Waals surface area (Å²) in [6.07, 6.45) is 0. The van der Waals surface area contributed by atoms with Crippen molar-refractivity contribution in [2.75, 3.05) is 12.4 Å². The zero-order chi connectivity index (χ0) is 20.0. The summed E-state index contributed by atoms with van der Waals surface area (Å²) in [4.78, 5) is 24.9. The highest BCUT2D eigenvalue weighted by Gasteiger charge is 2.27. The highest BCUT2D eigenvalue weighted by Crippen LogP contribution is 2.15. The molecule has 7 heteroatoms. The van der Waals surface area contributed by atoms with E-state index in [1.165, 1.54) is 6.07 Å². The van der Waals surface area contributed by atoms with Crippen LogP contribution in [-0.4, -0.2) is 25.0 Å². The molecule has 0 saturated heterocycles. The molecule has 2 aromatic rings. The van der Waals surface area contributed by atoms with Crippen LogP contribution in [0.5, 0.6) is 0 Å². The van der Waals surface area contributed by atoms with E-state index in [2.05, 4.69) is 10.6 Å². The van der Waals surface area contributed by atoms with E-state index in [0.717, 1.165) is 17.7 Å². The molecule has 0 spiro atoms. The molecule has 0 saturated carbocycles. The van der Waals surface area contributed by atoms with Gasteiger partial charge in [0, 0.05) is 12.8 Å². The summed E-state index contributed by atoms with van der Waals surface area (Å²) in [7, 11) is 1.57. The van der Waals surface area contributed by atoms with E-state index in [1.54, 1.807) is 39.2 Å². The minimum atomic E-state index is -0.984. The normalized spacial score (nSPS) is 11.9. The van der Waals surface area contributed by atoms with Gasteiger partial charge >= 0.3 is 0 Å². The van der Waals surface area contributed by atoms with Gasteiger partial charge in [-0.15, -0.1) is 0 Å². The van der Waals surface area contributed by atoms with E-state index in [1.807, 2.05) is 6.07 Å². The average molecular weight is 376 g/mol. The van der Waals surface area contributed by atoms with Crippen molar-refractivity contribution in [2.45, 2.75) is 26.5 Å². The van der Waals surface area contributed by atoms with E-state index < -0.39 is 35.1 Å². The Morgan fingerprint density at radius 2 is 1.70 bits per heavy atom. The summed E-state index contributed by atoms with van der Waals surface area (Å²) in [6, 6.07) is 9.24. The second-order valence-corrected chi connectivity index (χ2v) is 6.41. The number of hydrogen-bond donors (Lipinski definition) is 2. The fraction of sp³-hybridized carbons (Fsp3) is 0.300. The molecule has 0 aliphatic carbocycles. The van der Waals surface area contributed by atoms with Gasteiger partial charge in [-0.25, -0.2) is 8.78 Å². The Hall–Kier alpha value is -2.80. The third kappa shape index (κ3) is 5.34. The van der Waals surface area contributed by atoms with Crippen LogP contribution in [-0.2, 0) is 16.1 Å². The van der Waals surface area contributed by atoms with Crippen molar-refractivity contribution in [3.63, 3.8) is 0 Å². The van der Waals surface area contributed by atoms with Crippen LogP contribution >= 0.6 is 0 Å². The van der Waals surface area contributed by atoms with E-state index in [-0.39, 0.29) is 5.92 Å². The van der Waals surface area contributed by atoms with E-state index in [0.29, 0.717) is 12.3 Å². The molecule has 27 heavy (non-hydrogen) atoms. The first-order chi connectivity index (χ1) is 12.8. The van der Waals surface area contributed by atoms with Crippen LogP contribution in [0.15, 0.2) is 42.5 Å². The summed E-state index contributed by atoms with van der Waals surface area (Å²) in [5, 5.41) is 5.13. The van der Waals surface area contributed by atoms with Gasteiger partial charge in [0.2, 0.25) is 5.91 Å². The summed E-state index contributed by atoms with van der Waals surface area (Å²) < 4.78 is 32.7. The summed E-state index contributed by atoms with van der Waals surface area (Å²) in [5.74, 6) is -3.73. The van der Waals surface area contributed by atoms with Crippen molar-refractivity contribution in [2.24, 2.45) is 5.92 Å². The number of hydrogen-bond acceptors (Lipinski definition) is 3. The quantitative estimate of drug-likeness (QED) is 0.777. The number of anilines is 1. The Morgan fingerprint density at radius 1 is 1.07 bits per heavy atom. The molecular formula is C20H22F2N2O3. The minimum absolute atomic E-state index is 0.300. The molecule has 2 N–H and O–H groups in total. The fourth-order valence-electron chi connectivity index (χ4n) is 2.59. The molecule has 2 amide bonds. The van der Waals surface area contributed by atoms with Crippen LogP contribution in [0.3, 0.4) is 0 Å². The largest absolute Gasteiger partial charge is 0.380 e. The topological polar surface area (TPSA) is 67.4 Å². The van der Waals surface area contributed by atoms with Crippen LogP contribution in [0.25, 0.3) is 0 Å². The number of carbonyl (C=O) groups excluding carboxylic acids is 2. The molecule has 144 valence electrons. The number of rotatable bonds is 7. The highest BCUT2D eigenvalue weighted by atomic mass is 19.1. The van der Waals surface area contributed by atoms with Gasteiger partial charge in [-0.2, -0.15) is 0 Å². The van der Waals surface area contributed by atoms with Crippen molar-refractivity contribution in [3.8, 4) is 0 Å². The van der Waals surface area contributed by atoms with Crippen LogP contribution in [0.4, 0.5) is 14.5 Å². The number of carbonyl (C=O) groups is 2. The predicted octanol–water partition coefficient (Wildman–Crippen LogP) is 3.50. The third-order valence-electron chi connectivity index (χ3n) is 3.93. The van der Waals surface area contributed by atoms with Gasteiger partial charge in [0.15, 0.2) is 0 Å². The molecule has 0 fully saturated rings. The molecule has 0 heterocycles. The van der Waals surface area contributed by atoms with Crippen molar-refractivity contribution in [1.82, 2.24) is 5.32 Å². The van der Waals surface area contributed by atoms with Crippen LogP contribution in [0.2, 0.25) is 0 Å². The van der Waals surface area contributed by atoms with Crippen molar-refractivity contribution >= 4 is 17.5 Å². The van der Waals surface area contributed by atoms with Crippen molar-refractivity contribution in [3.05, 3.63) is 65.2 Å². The second-order valence-electron chi connectivity index (χ2n) is 6.41. The Labute approximate surface area is 156 Å². The second kappa shape index (κ2) is 9.23. The Morgan fingerprint density at radius 3 is 2.30 bits per heavy atom. The fourth-order valence-corrected chi connectivity index (χ4v) is 2.59. The predicted molar refractivity (Wildman–Crippen MR) is 98.2 cm³/mol. The molecule has 0 aliphatic heterocycles. The summed E-state index contributed by atoms with van der Waals surface area (Å²) in [6.45, 7) is 3.84. The lowest BCUT2D eigenvalue weighted by atomic mass is 10.0. The highest BCUT2D eigenvalue weighted by molar-refractivity contribution is 6.01. The Kier molecular flexibility index (Phi) is 7.01. The molecular weight excluding hydrogens is 354 g/mol. The molecule has 0 aromatic heterocycles. The Bertz CT molecular complexity index is 804. The maximum absolute atomic E-state index is 13.8. The van der Waals surface area contributed by atoms with Gasteiger partial charge in [0.1, 0.15) is 23.2 Å². The average Bonchev–Trinajstić information content (AvgIpc) is 2.59. The Balaban J connectivity index is 2.16. The molecule has 0 radical (unpaired) electrons. The number of halogens is 2. The summed E-state index contributed by atoms with van der Waals surface area (Å²) >= 11 is 0. The van der Waals surface area contributed by atoms with Gasteiger partial charge < -0.3 is 15.4 Å². The van der Waals surface area contributed by atoms with E-state index in [9.17, 15) is 18.4 Å². The van der Waals surface area contributed by atoms with Gasteiger partial charge in [-0.3, -0.25) is 9.59 Å². The smallest absolute Gasteiger partial charge is 0.257 e. The zero-order valence-corrected chi connectivity index (χ0v) is 15.4. The van der Waals surface area contributed by atoms with Gasteiger partial charge in [0.05, 0.1) is 6.61 Å². The van der Waals surface area contributed by atoms with Crippen LogP contribution in [0, 0.1) is 17.6 Å². The van der Waals surface area contributed by atoms with Gasteiger partial charge in [-0.05, 0) is 35.7 Å². The summed E-state index contributed by atoms with van der Waals surface area (Å²) in [5.41, 5.74) is 0.693. The number of benzene rings is 2. The van der Waals surface area contributed by atoms with Crippen LogP contribution < -0.4 is 10.6 Å². The molecule has 5 nitrogen and oxygen atoms in total. The lowest BCUT2D eigenvalue weighted by Gasteiger charge is -2.22. The number of nitrogens with one attached hydrogen (secondary N) is 2. The standard InChI is InChI=1S/C20H22F2N2O3/c1-12(2)18(24-19(25)17-15(21)8-5-9-16(17)22)20(26)23-14-7-4-6-13(10-14)11-27-3/h4-10,12,18H,11H2,1-3H3,(H,23,26)(H,24,25)/t18-/m0/s1. The first-order valence-electron chi connectivity index (χ1n) is 8.47. The number of methoxy groups -OCH3 is 1. The van der Waals surface area contributed by atoms with E-state index >= 15 is 0 Å². The van der Waals surface area contributed by atoms with Crippen LogP contribution in [0.1, 0.15) is 29.8 Å². The van der Waals surface area contributed by atoms with E-state index in [4.69, 9.17) is 4.74 Å². The molecule has 2 rings (SSSR count). The van der Waals surface area contributed by atoms with Crippen molar-refractivity contribution < 1.29 is 23.1 Å².